The van der Waals surface area contributed by atoms with E-state index < -0.39 is 9.84 Å². The van der Waals surface area contributed by atoms with Crippen molar-refractivity contribution < 1.29 is 13.2 Å². The third-order valence-electron chi connectivity index (χ3n) is 3.08. The summed E-state index contributed by atoms with van der Waals surface area (Å²) in [6.45, 7) is 3.32. The molecule has 0 aliphatic heterocycles. The van der Waals surface area contributed by atoms with Crippen molar-refractivity contribution in [3.63, 3.8) is 0 Å². The summed E-state index contributed by atoms with van der Waals surface area (Å²) in [6, 6.07) is 0.313. The molecule has 2 rings (SSSR count). The molecule has 106 valence electrons. The van der Waals surface area contributed by atoms with E-state index in [4.69, 9.17) is 5.73 Å². The number of nitrogens with one attached hydrogen (secondary N) is 1. The molecule has 0 aromatic carbocycles. The normalized spacial score (nSPS) is 15.5. The molecule has 1 heterocycles. The fraction of sp³-hybridized carbons (Fsp3) is 0.583. The van der Waals surface area contributed by atoms with Crippen LogP contribution < -0.4 is 11.1 Å². The van der Waals surface area contributed by atoms with Crippen molar-refractivity contribution in [2.75, 3.05) is 16.8 Å². The first-order valence-corrected chi connectivity index (χ1v) is 8.82. The van der Waals surface area contributed by atoms with E-state index in [1.54, 1.807) is 13.8 Å². The molecular formula is C12H18N2O3S2. The molecule has 1 aliphatic rings. The number of nitrogen functional groups attached to an aromatic ring is 1. The molecule has 0 atom stereocenters. The number of rotatable bonds is 6. The van der Waals surface area contributed by atoms with E-state index in [2.05, 4.69) is 5.32 Å². The quantitative estimate of drug-likeness (QED) is 0.787. The lowest BCUT2D eigenvalue weighted by Crippen LogP contribution is -2.10. The van der Waals surface area contributed by atoms with Crippen molar-refractivity contribution in [1.82, 2.24) is 0 Å². The van der Waals surface area contributed by atoms with Crippen molar-refractivity contribution >= 4 is 37.6 Å². The second kappa shape index (κ2) is 5.13. The molecule has 0 radical (unpaired) electrons. The van der Waals surface area contributed by atoms with Gasteiger partial charge in [-0.25, -0.2) is 8.42 Å². The summed E-state index contributed by atoms with van der Waals surface area (Å²) in [5.41, 5.74) is 6.02. The van der Waals surface area contributed by atoms with Gasteiger partial charge in [0.25, 0.3) is 0 Å². The maximum absolute atomic E-state index is 12.1. The number of hydrogen-bond acceptors (Lipinski definition) is 6. The van der Waals surface area contributed by atoms with Crippen LogP contribution in [0.3, 0.4) is 0 Å². The second-order valence-electron chi connectivity index (χ2n) is 4.60. The van der Waals surface area contributed by atoms with Gasteiger partial charge in [0.15, 0.2) is 15.6 Å². The molecule has 19 heavy (non-hydrogen) atoms. The summed E-state index contributed by atoms with van der Waals surface area (Å²) in [6.07, 6.45) is 2.38. The Morgan fingerprint density at radius 1 is 1.42 bits per heavy atom. The Morgan fingerprint density at radius 2 is 2.05 bits per heavy atom. The molecule has 1 aromatic heterocycles. The van der Waals surface area contributed by atoms with Gasteiger partial charge in [0.1, 0.15) is 9.90 Å². The highest BCUT2D eigenvalue weighted by Crippen LogP contribution is 2.42. The van der Waals surface area contributed by atoms with Crippen LogP contribution in [0.15, 0.2) is 4.90 Å². The number of Topliss-reactive ketones (excluding diaryl/α,β-unsaturated/α-hetero) is 1. The van der Waals surface area contributed by atoms with Gasteiger partial charge in [0.05, 0.1) is 16.3 Å². The van der Waals surface area contributed by atoms with Crippen LogP contribution in [-0.4, -0.2) is 26.0 Å². The number of nitrogens with two attached hydrogens (primary N) is 1. The van der Waals surface area contributed by atoms with Gasteiger partial charge in [-0.2, -0.15) is 0 Å². The van der Waals surface area contributed by atoms with E-state index in [1.165, 1.54) is 0 Å². The van der Waals surface area contributed by atoms with Gasteiger partial charge in [0.2, 0.25) is 0 Å². The fourth-order valence-corrected chi connectivity index (χ4v) is 4.50. The summed E-state index contributed by atoms with van der Waals surface area (Å²) in [5, 5.41) is 3.70. The van der Waals surface area contributed by atoms with Crippen LogP contribution >= 0.6 is 11.3 Å². The minimum absolute atomic E-state index is 0.0208. The van der Waals surface area contributed by atoms with Gasteiger partial charge in [-0.3, -0.25) is 4.79 Å². The Bertz CT molecular complexity index is 601. The zero-order chi connectivity index (χ0) is 14.2. The van der Waals surface area contributed by atoms with Gasteiger partial charge >= 0.3 is 0 Å². The maximum atomic E-state index is 12.1. The lowest BCUT2D eigenvalue weighted by molar-refractivity contribution is 0.0992. The second-order valence-corrected chi connectivity index (χ2v) is 7.84. The molecule has 1 aromatic rings. The monoisotopic (exact) mass is 302 g/mol. The van der Waals surface area contributed by atoms with Crippen molar-refractivity contribution in [3.05, 3.63) is 4.88 Å². The standard InChI is InChI=1S/C12H18N2O3S2/c1-3-8(15)10-9(13)11(19(16,17)4-2)12(18-10)14-7-5-6-7/h7,14H,3-6,13H2,1-2H3. The largest absolute Gasteiger partial charge is 0.396 e. The molecular weight excluding hydrogens is 284 g/mol. The number of sulfone groups is 1. The Kier molecular flexibility index (Phi) is 3.87. The van der Waals surface area contributed by atoms with Crippen LogP contribution in [0.1, 0.15) is 42.8 Å². The van der Waals surface area contributed by atoms with Crippen molar-refractivity contribution in [3.8, 4) is 0 Å². The number of ketones is 1. The number of hydrogen-bond donors (Lipinski definition) is 2. The average Bonchev–Trinajstić information content (AvgIpc) is 3.11. The fourth-order valence-electron chi connectivity index (χ4n) is 1.76. The minimum atomic E-state index is -3.43. The summed E-state index contributed by atoms with van der Waals surface area (Å²) in [7, 11) is -3.43. The molecule has 7 heteroatoms. The first-order chi connectivity index (χ1) is 8.90. The first-order valence-electron chi connectivity index (χ1n) is 6.35. The molecule has 0 amide bonds. The van der Waals surface area contributed by atoms with Crippen molar-refractivity contribution in [1.29, 1.82) is 0 Å². The third kappa shape index (κ3) is 2.76. The smallest absolute Gasteiger partial charge is 0.183 e. The van der Waals surface area contributed by atoms with E-state index in [9.17, 15) is 13.2 Å². The Hall–Kier alpha value is -1.08. The topological polar surface area (TPSA) is 89.3 Å². The van der Waals surface area contributed by atoms with Crippen LogP contribution in [0.2, 0.25) is 0 Å². The summed E-state index contributed by atoms with van der Waals surface area (Å²) in [4.78, 5) is 12.3. The van der Waals surface area contributed by atoms with E-state index in [-0.39, 0.29) is 22.1 Å². The Morgan fingerprint density at radius 3 is 2.53 bits per heavy atom. The van der Waals surface area contributed by atoms with E-state index >= 15 is 0 Å². The van der Waals surface area contributed by atoms with Crippen LogP contribution in [0.5, 0.6) is 0 Å². The zero-order valence-electron chi connectivity index (χ0n) is 11.0. The Balaban J connectivity index is 2.54. The molecule has 0 bridgehead atoms. The molecule has 0 unspecified atom stereocenters. The zero-order valence-corrected chi connectivity index (χ0v) is 12.7. The summed E-state index contributed by atoms with van der Waals surface area (Å²) >= 11 is 1.16. The molecule has 3 N–H and O–H groups in total. The van der Waals surface area contributed by atoms with E-state index in [0.29, 0.717) is 22.3 Å². The summed E-state index contributed by atoms with van der Waals surface area (Å²) in [5.74, 6) is -0.133. The maximum Gasteiger partial charge on any atom is 0.183 e. The molecule has 5 nitrogen and oxygen atoms in total. The first kappa shape index (κ1) is 14.3. The van der Waals surface area contributed by atoms with Crippen molar-refractivity contribution in [2.24, 2.45) is 0 Å². The van der Waals surface area contributed by atoms with Crippen LogP contribution in [0.25, 0.3) is 0 Å². The van der Waals surface area contributed by atoms with Crippen LogP contribution in [-0.2, 0) is 9.84 Å². The van der Waals surface area contributed by atoms with Gasteiger partial charge < -0.3 is 11.1 Å². The highest BCUT2D eigenvalue weighted by atomic mass is 32.2. The lowest BCUT2D eigenvalue weighted by atomic mass is 10.2. The lowest BCUT2D eigenvalue weighted by Gasteiger charge is -2.06. The van der Waals surface area contributed by atoms with Gasteiger partial charge in [-0.1, -0.05) is 13.8 Å². The van der Waals surface area contributed by atoms with Crippen LogP contribution in [0.4, 0.5) is 10.7 Å². The van der Waals surface area contributed by atoms with E-state index in [0.717, 1.165) is 24.2 Å². The highest BCUT2D eigenvalue weighted by Gasteiger charge is 2.31. The van der Waals surface area contributed by atoms with Crippen molar-refractivity contribution in [2.45, 2.75) is 44.0 Å². The van der Waals surface area contributed by atoms with Crippen LogP contribution in [0, 0.1) is 0 Å². The molecule has 1 fully saturated rings. The predicted molar refractivity (Wildman–Crippen MR) is 77.7 cm³/mol. The highest BCUT2D eigenvalue weighted by molar-refractivity contribution is 7.91. The van der Waals surface area contributed by atoms with Gasteiger partial charge in [0, 0.05) is 12.5 Å². The third-order valence-corrected chi connectivity index (χ3v) is 6.19. The van der Waals surface area contributed by atoms with E-state index in [1.807, 2.05) is 0 Å². The molecule has 0 saturated heterocycles. The average molecular weight is 302 g/mol. The molecule has 1 aliphatic carbocycles. The SMILES string of the molecule is CCC(=O)c1sc(NC2CC2)c(S(=O)(=O)CC)c1N. The minimum Gasteiger partial charge on any atom is -0.396 e. The number of anilines is 2. The van der Waals surface area contributed by atoms with Gasteiger partial charge in [-0.15, -0.1) is 11.3 Å². The number of carbonyl (C=O) groups is 1. The van der Waals surface area contributed by atoms with Gasteiger partial charge in [-0.05, 0) is 12.8 Å². The predicted octanol–water partition coefficient (Wildman–Crippen LogP) is 2.29. The summed E-state index contributed by atoms with van der Waals surface area (Å²) < 4.78 is 24.3. The Labute approximate surface area is 117 Å². The number of carbonyl (C=O) groups excluding carboxylic acids is 1. The number of thiophene rings is 1. The molecule has 1 saturated carbocycles. The molecule has 0 spiro atoms.